The van der Waals surface area contributed by atoms with E-state index in [4.69, 9.17) is 18.9 Å². The van der Waals surface area contributed by atoms with E-state index < -0.39 is 11.9 Å². The molecule has 0 bridgehead atoms. The molecule has 1 aliphatic heterocycles. The topological polar surface area (TPSA) is 104 Å². The first-order valence-electron chi connectivity index (χ1n) is 11.7. The highest BCUT2D eigenvalue weighted by Crippen LogP contribution is 2.31. The highest BCUT2D eigenvalue weighted by molar-refractivity contribution is 6.32. The molecule has 9 heteroatoms. The molecule has 0 radical (unpaired) electrons. The number of hydrazone groups is 1. The summed E-state index contributed by atoms with van der Waals surface area (Å²) in [4.78, 5) is 36.8. The number of ether oxygens (including phenoxy) is 4. The van der Waals surface area contributed by atoms with Gasteiger partial charge in [-0.3, -0.25) is 4.79 Å². The summed E-state index contributed by atoms with van der Waals surface area (Å²) in [7, 11) is 0. The summed E-state index contributed by atoms with van der Waals surface area (Å²) in [5.74, 6) is -0.364. The Kier molecular flexibility index (Phi) is 8.83. The molecule has 190 valence electrons. The molecule has 3 rings (SSSR count). The van der Waals surface area contributed by atoms with E-state index in [1.54, 1.807) is 76.2 Å². The van der Waals surface area contributed by atoms with Crippen LogP contribution in [0.15, 0.2) is 53.1 Å². The lowest BCUT2D eigenvalue weighted by Gasteiger charge is -2.14. The molecular weight excluding hydrogens is 464 g/mol. The van der Waals surface area contributed by atoms with Crippen LogP contribution in [-0.4, -0.2) is 49.5 Å². The Morgan fingerprint density at radius 2 is 1.72 bits per heavy atom. The lowest BCUT2D eigenvalue weighted by atomic mass is 10.1. The second-order valence-corrected chi connectivity index (χ2v) is 8.09. The molecule has 0 N–H and O–H groups in total. The van der Waals surface area contributed by atoms with Gasteiger partial charge >= 0.3 is 11.9 Å². The van der Waals surface area contributed by atoms with Crippen LogP contribution in [-0.2, 0) is 19.1 Å². The molecule has 0 aliphatic carbocycles. The summed E-state index contributed by atoms with van der Waals surface area (Å²) in [6.07, 6.45) is 1.48. The molecule has 0 saturated carbocycles. The zero-order valence-corrected chi connectivity index (χ0v) is 21.1. The lowest BCUT2D eigenvalue weighted by Crippen LogP contribution is -2.21. The Labute approximate surface area is 210 Å². The summed E-state index contributed by atoms with van der Waals surface area (Å²) in [5.41, 5.74) is 2.59. The van der Waals surface area contributed by atoms with Crippen molar-refractivity contribution in [3.8, 4) is 11.5 Å². The molecule has 0 spiro atoms. The van der Waals surface area contributed by atoms with Gasteiger partial charge in [-0.2, -0.15) is 10.1 Å². The fourth-order valence-electron chi connectivity index (χ4n) is 3.41. The van der Waals surface area contributed by atoms with Crippen LogP contribution in [0.1, 0.15) is 50.5 Å². The second kappa shape index (κ2) is 12.0. The van der Waals surface area contributed by atoms with Gasteiger partial charge in [0.15, 0.2) is 18.1 Å². The maximum absolute atomic E-state index is 13.1. The van der Waals surface area contributed by atoms with E-state index >= 15 is 0 Å². The van der Waals surface area contributed by atoms with Crippen LogP contribution in [0.5, 0.6) is 11.5 Å². The number of esters is 2. The zero-order valence-electron chi connectivity index (χ0n) is 21.1. The Balaban J connectivity index is 1.78. The van der Waals surface area contributed by atoms with Gasteiger partial charge in [0.1, 0.15) is 0 Å². The molecule has 1 aliphatic rings. The number of amides is 1. The van der Waals surface area contributed by atoms with Crippen molar-refractivity contribution >= 4 is 35.3 Å². The lowest BCUT2D eigenvalue weighted by molar-refractivity contribution is -0.149. The Morgan fingerprint density at radius 1 is 1.00 bits per heavy atom. The van der Waals surface area contributed by atoms with Gasteiger partial charge in [0.05, 0.1) is 41.9 Å². The summed E-state index contributed by atoms with van der Waals surface area (Å²) < 4.78 is 21.3. The molecule has 1 amide bonds. The predicted octanol–water partition coefficient (Wildman–Crippen LogP) is 4.40. The molecule has 0 atom stereocenters. The largest absolute Gasteiger partial charge is 0.490 e. The number of hydrogen-bond donors (Lipinski definition) is 0. The van der Waals surface area contributed by atoms with Crippen molar-refractivity contribution in [2.45, 2.75) is 40.7 Å². The summed E-state index contributed by atoms with van der Waals surface area (Å²) in [6.45, 7) is 9.28. The molecule has 1 heterocycles. The highest BCUT2D eigenvalue weighted by atomic mass is 16.6. The number of carbonyl (C=O) groups is 3. The Bertz CT molecular complexity index is 1180. The van der Waals surface area contributed by atoms with Gasteiger partial charge in [-0.1, -0.05) is 6.07 Å². The fourth-order valence-corrected chi connectivity index (χ4v) is 3.41. The molecule has 9 nitrogen and oxygen atoms in total. The normalized spacial score (nSPS) is 14.2. The molecule has 0 aromatic heterocycles. The minimum atomic E-state index is -0.475. The third-order valence-electron chi connectivity index (χ3n) is 4.98. The number of nitrogens with zero attached hydrogens (tertiary/aromatic N) is 2. The van der Waals surface area contributed by atoms with Gasteiger partial charge in [0.2, 0.25) is 0 Å². The second-order valence-electron chi connectivity index (χ2n) is 8.09. The molecule has 0 saturated heterocycles. The van der Waals surface area contributed by atoms with Crippen molar-refractivity contribution in [3.63, 3.8) is 0 Å². The van der Waals surface area contributed by atoms with Crippen molar-refractivity contribution in [1.82, 2.24) is 0 Å². The molecule has 36 heavy (non-hydrogen) atoms. The van der Waals surface area contributed by atoms with Crippen LogP contribution in [0.25, 0.3) is 6.08 Å². The molecule has 2 aromatic carbocycles. The van der Waals surface area contributed by atoms with Crippen molar-refractivity contribution in [2.24, 2.45) is 5.10 Å². The molecule has 2 aromatic rings. The van der Waals surface area contributed by atoms with E-state index in [9.17, 15) is 14.4 Å². The first-order valence-corrected chi connectivity index (χ1v) is 11.7. The van der Waals surface area contributed by atoms with E-state index in [0.717, 1.165) is 0 Å². The Morgan fingerprint density at radius 3 is 2.36 bits per heavy atom. The van der Waals surface area contributed by atoms with E-state index in [0.29, 0.717) is 46.2 Å². The third kappa shape index (κ3) is 6.50. The highest BCUT2D eigenvalue weighted by Gasteiger charge is 2.29. The minimum Gasteiger partial charge on any atom is -0.490 e. The average molecular weight is 495 g/mol. The third-order valence-corrected chi connectivity index (χ3v) is 4.98. The van der Waals surface area contributed by atoms with E-state index in [-0.39, 0.29) is 25.2 Å². The molecule has 0 fully saturated rings. The van der Waals surface area contributed by atoms with Crippen LogP contribution < -0.4 is 14.5 Å². The van der Waals surface area contributed by atoms with Crippen LogP contribution in [0.3, 0.4) is 0 Å². The maximum atomic E-state index is 13.1. The zero-order chi connectivity index (χ0) is 26.2. The van der Waals surface area contributed by atoms with Crippen LogP contribution >= 0.6 is 0 Å². The van der Waals surface area contributed by atoms with Crippen LogP contribution in [0, 0.1) is 0 Å². The number of carbonyl (C=O) groups excluding carboxylic acids is 3. The monoisotopic (exact) mass is 494 g/mol. The first-order chi connectivity index (χ1) is 17.2. The summed E-state index contributed by atoms with van der Waals surface area (Å²) >= 11 is 0. The minimum absolute atomic E-state index is 0.231. The first kappa shape index (κ1) is 26.5. The standard InChI is InChI=1S/C27H30N2O7/c1-6-33-24-15-19(8-13-23(24)35-16-25(30)36-17(3)4)14-22-18(5)28-29(26(22)31)21-11-9-20(10-12-21)27(32)34-7-2/h8-15,17H,6-7,16H2,1-5H3/b22-14+. The van der Waals surface area contributed by atoms with Gasteiger partial charge in [-0.25, -0.2) is 9.59 Å². The summed E-state index contributed by atoms with van der Waals surface area (Å²) in [6, 6.07) is 11.7. The maximum Gasteiger partial charge on any atom is 0.344 e. The smallest absolute Gasteiger partial charge is 0.344 e. The molecular formula is C27H30N2O7. The molecule has 0 unspecified atom stereocenters. The van der Waals surface area contributed by atoms with E-state index in [1.165, 1.54) is 5.01 Å². The quantitative estimate of drug-likeness (QED) is 0.356. The number of hydrogen-bond acceptors (Lipinski definition) is 8. The van der Waals surface area contributed by atoms with Gasteiger partial charge in [0, 0.05) is 0 Å². The van der Waals surface area contributed by atoms with Crippen molar-refractivity contribution in [2.75, 3.05) is 24.8 Å². The predicted molar refractivity (Wildman–Crippen MR) is 135 cm³/mol. The van der Waals surface area contributed by atoms with Crippen LogP contribution in [0.2, 0.25) is 0 Å². The van der Waals surface area contributed by atoms with E-state index in [1.807, 2.05) is 6.92 Å². The SMILES string of the molecule is CCOC(=O)c1ccc(N2N=C(C)/C(=C\c3ccc(OCC(=O)OC(C)C)c(OCC)c3)C2=O)cc1. The number of anilines is 1. The van der Waals surface area contributed by atoms with Crippen LogP contribution in [0.4, 0.5) is 5.69 Å². The van der Waals surface area contributed by atoms with Gasteiger partial charge in [-0.15, -0.1) is 0 Å². The van der Waals surface area contributed by atoms with E-state index in [2.05, 4.69) is 5.10 Å². The van der Waals surface area contributed by atoms with Crippen molar-refractivity contribution < 1.29 is 33.3 Å². The Hall–Kier alpha value is -4.14. The number of rotatable bonds is 10. The van der Waals surface area contributed by atoms with Crippen molar-refractivity contribution in [1.29, 1.82) is 0 Å². The average Bonchev–Trinajstić information content (AvgIpc) is 3.12. The van der Waals surface area contributed by atoms with Crippen molar-refractivity contribution in [3.05, 3.63) is 59.2 Å². The fraction of sp³-hybridized carbons (Fsp3) is 0.333. The van der Waals surface area contributed by atoms with Gasteiger partial charge in [-0.05, 0) is 82.7 Å². The number of benzene rings is 2. The van der Waals surface area contributed by atoms with Gasteiger partial charge in [0.25, 0.3) is 5.91 Å². The summed E-state index contributed by atoms with van der Waals surface area (Å²) in [5, 5.41) is 5.67. The van der Waals surface area contributed by atoms with Gasteiger partial charge < -0.3 is 18.9 Å².